The van der Waals surface area contributed by atoms with E-state index >= 15 is 0 Å². The molecular formula is C9H10F2N2O2. The maximum absolute atomic E-state index is 12.6. The number of nitrogens with two attached hydrogens (primary N) is 1. The van der Waals surface area contributed by atoms with Crippen LogP contribution in [0.2, 0.25) is 0 Å². The number of pyridine rings is 1. The number of aryl methyl sites for hydroxylation is 1. The number of carbonyl (C=O) groups excluding carboxylic acids is 1. The minimum absolute atomic E-state index is 0.0891. The first kappa shape index (κ1) is 11.4. The summed E-state index contributed by atoms with van der Waals surface area (Å²) in [7, 11) is 1.21. The summed E-state index contributed by atoms with van der Waals surface area (Å²) < 4.78 is 29.8. The van der Waals surface area contributed by atoms with E-state index in [1.807, 2.05) is 0 Å². The van der Waals surface area contributed by atoms with Crippen molar-refractivity contribution < 1.29 is 18.3 Å². The average Bonchev–Trinajstić information content (AvgIpc) is 2.15. The van der Waals surface area contributed by atoms with Crippen molar-refractivity contribution in [3.8, 4) is 5.88 Å². The molecule has 0 radical (unpaired) electrons. The van der Waals surface area contributed by atoms with Crippen molar-refractivity contribution in [3.05, 3.63) is 22.9 Å². The Balaban J connectivity index is 3.37. The Labute approximate surface area is 85.1 Å². The van der Waals surface area contributed by atoms with E-state index in [2.05, 4.69) is 9.72 Å². The Morgan fingerprint density at radius 1 is 1.60 bits per heavy atom. The third-order valence-corrected chi connectivity index (χ3v) is 1.89. The van der Waals surface area contributed by atoms with Gasteiger partial charge in [0.05, 0.1) is 12.7 Å². The van der Waals surface area contributed by atoms with Gasteiger partial charge in [0.15, 0.2) is 0 Å². The number of methoxy groups -OCH3 is 1. The van der Waals surface area contributed by atoms with E-state index in [0.717, 1.165) is 0 Å². The number of nitrogens with zero attached hydrogens (tertiary/aromatic N) is 1. The zero-order chi connectivity index (χ0) is 11.6. The van der Waals surface area contributed by atoms with Gasteiger partial charge in [-0.15, -0.1) is 0 Å². The van der Waals surface area contributed by atoms with Gasteiger partial charge in [0, 0.05) is 0 Å². The van der Waals surface area contributed by atoms with E-state index in [1.54, 1.807) is 0 Å². The number of rotatable bonds is 3. The highest BCUT2D eigenvalue weighted by molar-refractivity contribution is 5.91. The molecule has 0 aliphatic carbocycles. The maximum Gasteiger partial charge on any atom is 0.269 e. The standard InChI is InChI=1S/C9H10F2N2O2/c1-4-3-5(8(12)14)13-9(15-2)6(4)7(10)11/h3,7H,1-2H3,(H2,12,14). The van der Waals surface area contributed by atoms with Crippen LogP contribution in [0.25, 0.3) is 0 Å². The summed E-state index contributed by atoms with van der Waals surface area (Å²) in [6.45, 7) is 1.44. The number of primary amides is 1. The Kier molecular flexibility index (Phi) is 3.18. The fourth-order valence-electron chi connectivity index (χ4n) is 1.20. The molecule has 0 fully saturated rings. The molecule has 4 nitrogen and oxygen atoms in total. The summed E-state index contributed by atoms with van der Waals surface area (Å²) in [6, 6.07) is 1.21. The van der Waals surface area contributed by atoms with Crippen molar-refractivity contribution >= 4 is 5.91 Å². The molecule has 15 heavy (non-hydrogen) atoms. The molecule has 0 saturated carbocycles. The number of hydrogen-bond acceptors (Lipinski definition) is 3. The van der Waals surface area contributed by atoms with Gasteiger partial charge in [-0.1, -0.05) is 0 Å². The van der Waals surface area contributed by atoms with Crippen LogP contribution in [0.4, 0.5) is 8.78 Å². The Morgan fingerprint density at radius 2 is 2.20 bits per heavy atom. The zero-order valence-corrected chi connectivity index (χ0v) is 8.25. The van der Waals surface area contributed by atoms with Crippen LogP contribution >= 0.6 is 0 Å². The molecule has 0 aliphatic heterocycles. The lowest BCUT2D eigenvalue weighted by molar-refractivity contribution is 0.0993. The summed E-state index contributed by atoms with van der Waals surface area (Å²) >= 11 is 0. The molecule has 0 atom stereocenters. The van der Waals surface area contributed by atoms with E-state index in [4.69, 9.17) is 5.73 Å². The highest BCUT2D eigenvalue weighted by Gasteiger charge is 2.20. The van der Waals surface area contributed by atoms with Crippen molar-refractivity contribution in [2.24, 2.45) is 5.73 Å². The molecule has 6 heteroatoms. The van der Waals surface area contributed by atoms with E-state index in [0.29, 0.717) is 0 Å². The third kappa shape index (κ3) is 2.20. The van der Waals surface area contributed by atoms with Crippen molar-refractivity contribution in [2.45, 2.75) is 13.3 Å². The summed E-state index contributed by atoms with van der Waals surface area (Å²) in [4.78, 5) is 14.4. The normalized spacial score (nSPS) is 10.5. The zero-order valence-electron chi connectivity index (χ0n) is 8.25. The molecule has 0 aromatic carbocycles. The lowest BCUT2D eigenvalue weighted by atomic mass is 10.1. The smallest absolute Gasteiger partial charge is 0.269 e. The summed E-state index contributed by atoms with van der Waals surface area (Å²) in [5, 5.41) is 0. The number of ether oxygens (including phenoxy) is 1. The second-order valence-electron chi connectivity index (χ2n) is 2.91. The lowest BCUT2D eigenvalue weighted by Gasteiger charge is -2.10. The molecule has 0 unspecified atom stereocenters. The van der Waals surface area contributed by atoms with Crippen molar-refractivity contribution in [3.63, 3.8) is 0 Å². The van der Waals surface area contributed by atoms with Crippen molar-refractivity contribution in [1.82, 2.24) is 4.98 Å². The van der Waals surface area contributed by atoms with Crippen LogP contribution in [0.5, 0.6) is 5.88 Å². The van der Waals surface area contributed by atoms with Crippen LogP contribution in [0.15, 0.2) is 6.07 Å². The van der Waals surface area contributed by atoms with E-state index in [9.17, 15) is 13.6 Å². The van der Waals surface area contributed by atoms with E-state index in [1.165, 1.54) is 20.1 Å². The molecule has 0 saturated heterocycles. The molecular weight excluding hydrogens is 206 g/mol. The fraction of sp³-hybridized carbons (Fsp3) is 0.333. The second-order valence-corrected chi connectivity index (χ2v) is 2.91. The van der Waals surface area contributed by atoms with Gasteiger partial charge >= 0.3 is 0 Å². The van der Waals surface area contributed by atoms with E-state index < -0.39 is 12.3 Å². The molecule has 2 N–H and O–H groups in total. The topological polar surface area (TPSA) is 65.2 Å². The summed E-state index contributed by atoms with van der Waals surface area (Å²) in [5.41, 5.74) is 4.81. The fourth-order valence-corrected chi connectivity index (χ4v) is 1.20. The second kappa shape index (κ2) is 4.20. The van der Waals surface area contributed by atoms with Gasteiger partial charge in [0.25, 0.3) is 12.3 Å². The molecule has 1 amide bonds. The predicted molar refractivity (Wildman–Crippen MR) is 49.0 cm³/mol. The SMILES string of the molecule is COc1nc(C(N)=O)cc(C)c1C(F)F. The van der Waals surface area contributed by atoms with Crippen molar-refractivity contribution in [1.29, 1.82) is 0 Å². The highest BCUT2D eigenvalue weighted by atomic mass is 19.3. The first-order valence-corrected chi connectivity index (χ1v) is 4.10. The predicted octanol–water partition coefficient (Wildman–Crippen LogP) is 1.44. The minimum Gasteiger partial charge on any atom is -0.481 e. The lowest BCUT2D eigenvalue weighted by Crippen LogP contribution is -2.15. The van der Waals surface area contributed by atoms with Gasteiger partial charge in [0.1, 0.15) is 5.69 Å². The molecule has 1 aromatic rings. The molecule has 0 spiro atoms. The van der Waals surface area contributed by atoms with Crippen LogP contribution < -0.4 is 10.5 Å². The number of alkyl halides is 2. The van der Waals surface area contributed by atoms with Crippen LogP contribution in [-0.4, -0.2) is 18.0 Å². The Bertz CT molecular complexity index is 394. The van der Waals surface area contributed by atoms with E-state index in [-0.39, 0.29) is 22.7 Å². The first-order chi connectivity index (χ1) is 6.97. The Hall–Kier alpha value is -1.72. The van der Waals surface area contributed by atoms with Gasteiger partial charge in [-0.05, 0) is 18.6 Å². The van der Waals surface area contributed by atoms with Crippen LogP contribution in [-0.2, 0) is 0 Å². The Morgan fingerprint density at radius 3 is 2.60 bits per heavy atom. The van der Waals surface area contributed by atoms with Crippen molar-refractivity contribution in [2.75, 3.05) is 7.11 Å². The number of aromatic nitrogens is 1. The number of amides is 1. The van der Waals surface area contributed by atoms with Gasteiger partial charge in [-0.25, -0.2) is 13.8 Å². The summed E-state index contributed by atoms with van der Waals surface area (Å²) in [6.07, 6.45) is -2.70. The van der Waals surface area contributed by atoms with Gasteiger partial charge < -0.3 is 10.5 Å². The van der Waals surface area contributed by atoms with Crippen LogP contribution in [0.3, 0.4) is 0 Å². The molecule has 0 bridgehead atoms. The molecule has 0 aliphatic rings. The summed E-state index contributed by atoms with van der Waals surface area (Å²) in [5.74, 6) is -1.05. The van der Waals surface area contributed by atoms with Crippen LogP contribution in [0.1, 0.15) is 28.0 Å². The first-order valence-electron chi connectivity index (χ1n) is 4.10. The number of hydrogen-bond donors (Lipinski definition) is 1. The molecule has 1 aromatic heterocycles. The minimum atomic E-state index is -2.70. The van der Waals surface area contributed by atoms with Gasteiger partial charge in [0.2, 0.25) is 5.88 Å². The molecule has 1 heterocycles. The third-order valence-electron chi connectivity index (χ3n) is 1.89. The molecule has 1 rings (SSSR count). The van der Waals surface area contributed by atoms with Gasteiger partial charge in [-0.3, -0.25) is 4.79 Å². The van der Waals surface area contributed by atoms with Crippen LogP contribution in [0, 0.1) is 6.92 Å². The number of halogens is 2. The maximum atomic E-state index is 12.6. The highest BCUT2D eigenvalue weighted by Crippen LogP contribution is 2.30. The quantitative estimate of drug-likeness (QED) is 0.831. The average molecular weight is 216 g/mol. The monoisotopic (exact) mass is 216 g/mol. The number of carbonyl (C=O) groups is 1. The molecule has 82 valence electrons. The van der Waals surface area contributed by atoms with Gasteiger partial charge in [-0.2, -0.15) is 0 Å². The largest absolute Gasteiger partial charge is 0.481 e.